The number of nitrogens with zero attached hydrogens (tertiary/aromatic N) is 4. The molecule has 0 spiro atoms. The van der Waals surface area contributed by atoms with E-state index in [1.54, 1.807) is 12.3 Å². The molecule has 1 aromatic rings. The number of likely N-dealkylation sites (tertiary alicyclic amines) is 1. The van der Waals surface area contributed by atoms with Gasteiger partial charge >= 0.3 is 0 Å². The van der Waals surface area contributed by atoms with Gasteiger partial charge in [0.1, 0.15) is 11.8 Å². The SMILES string of the molecule is N#Cc1ccnc(NC2CCN(C3CC3)C2)n1. The fourth-order valence-corrected chi connectivity index (χ4v) is 2.35. The lowest BCUT2D eigenvalue weighted by Crippen LogP contribution is -2.28. The van der Waals surface area contributed by atoms with Gasteiger partial charge in [-0.1, -0.05) is 0 Å². The van der Waals surface area contributed by atoms with Gasteiger partial charge in [-0.15, -0.1) is 0 Å². The molecule has 3 rings (SSSR count). The second kappa shape index (κ2) is 4.30. The second-order valence-electron chi connectivity index (χ2n) is 4.73. The van der Waals surface area contributed by atoms with Crippen LogP contribution in [-0.4, -0.2) is 40.0 Å². The zero-order valence-electron chi connectivity index (χ0n) is 9.63. The van der Waals surface area contributed by atoms with Crippen LogP contribution in [0, 0.1) is 11.3 Å². The number of nitrogens with one attached hydrogen (secondary N) is 1. The van der Waals surface area contributed by atoms with Crippen molar-refractivity contribution in [2.75, 3.05) is 18.4 Å². The molecule has 1 aliphatic carbocycles. The van der Waals surface area contributed by atoms with Gasteiger partial charge in [0.05, 0.1) is 0 Å². The first-order valence-electron chi connectivity index (χ1n) is 6.09. The highest BCUT2D eigenvalue weighted by atomic mass is 15.2. The van der Waals surface area contributed by atoms with Crippen LogP contribution in [0.3, 0.4) is 0 Å². The van der Waals surface area contributed by atoms with E-state index in [0.717, 1.165) is 19.0 Å². The third-order valence-electron chi connectivity index (χ3n) is 3.39. The number of rotatable bonds is 3. The summed E-state index contributed by atoms with van der Waals surface area (Å²) in [6.45, 7) is 2.24. The van der Waals surface area contributed by atoms with Gasteiger partial charge in [-0.3, -0.25) is 4.90 Å². The number of nitriles is 1. The number of aromatic nitrogens is 2. The normalized spacial score (nSPS) is 24.5. The van der Waals surface area contributed by atoms with Crippen molar-refractivity contribution in [2.24, 2.45) is 0 Å². The highest BCUT2D eigenvalue weighted by Crippen LogP contribution is 2.30. The maximum absolute atomic E-state index is 8.77. The lowest BCUT2D eigenvalue weighted by atomic mass is 10.3. The highest BCUT2D eigenvalue weighted by Gasteiger charge is 2.34. The predicted molar refractivity (Wildman–Crippen MR) is 63.4 cm³/mol. The van der Waals surface area contributed by atoms with Crippen LogP contribution in [0.2, 0.25) is 0 Å². The van der Waals surface area contributed by atoms with E-state index in [-0.39, 0.29) is 0 Å². The minimum Gasteiger partial charge on any atom is -0.350 e. The van der Waals surface area contributed by atoms with E-state index in [1.165, 1.54) is 19.4 Å². The summed E-state index contributed by atoms with van der Waals surface area (Å²) in [6, 6.07) is 4.90. The lowest BCUT2D eigenvalue weighted by molar-refractivity contribution is 0.326. The van der Waals surface area contributed by atoms with Gasteiger partial charge in [-0.25, -0.2) is 9.97 Å². The number of hydrogen-bond acceptors (Lipinski definition) is 5. The van der Waals surface area contributed by atoms with E-state index in [9.17, 15) is 0 Å². The molecule has 0 amide bonds. The average molecular weight is 229 g/mol. The Hall–Kier alpha value is -1.67. The van der Waals surface area contributed by atoms with Gasteiger partial charge in [-0.05, 0) is 25.3 Å². The van der Waals surface area contributed by atoms with Crippen LogP contribution in [0.25, 0.3) is 0 Å². The van der Waals surface area contributed by atoms with E-state index in [4.69, 9.17) is 5.26 Å². The molecule has 1 N–H and O–H groups in total. The first kappa shape index (κ1) is 10.5. The molecule has 0 bridgehead atoms. The molecular formula is C12H15N5. The van der Waals surface area contributed by atoms with Crippen LogP contribution in [-0.2, 0) is 0 Å². The highest BCUT2D eigenvalue weighted by molar-refractivity contribution is 5.31. The Kier molecular flexibility index (Phi) is 2.65. The first-order chi connectivity index (χ1) is 8.35. The lowest BCUT2D eigenvalue weighted by Gasteiger charge is -2.15. The molecule has 5 heteroatoms. The van der Waals surface area contributed by atoms with Gasteiger partial charge < -0.3 is 5.32 Å². The van der Waals surface area contributed by atoms with Crippen molar-refractivity contribution < 1.29 is 0 Å². The minimum absolute atomic E-state index is 0.416. The van der Waals surface area contributed by atoms with E-state index in [0.29, 0.717) is 17.7 Å². The topological polar surface area (TPSA) is 64.8 Å². The summed E-state index contributed by atoms with van der Waals surface area (Å²) in [4.78, 5) is 10.8. The average Bonchev–Trinajstić information content (AvgIpc) is 3.11. The summed E-state index contributed by atoms with van der Waals surface area (Å²) < 4.78 is 0. The molecule has 1 unspecified atom stereocenters. The molecule has 1 aromatic heterocycles. The van der Waals surface area contributed by atoms with Crippen molar-refractivity contribution in [3.8, 4) is 6.07 Å². The molecule has 2 aliphatic rings. The molecular weight excluding hydrogens is 214 g/mol. The Labute approximate surface area is 100 Å². The summed E-state index contributed by atoms with van der Waals surface area (Å²) in [7, 11) is 0. The van der Waals surface area contributed by atoms with E-state index in [1.807, 2.05) is 6.07 Å². The summed E-state index contributed by atoms with van der Waals surface area (Å²) in [5, 5.41) is 12.1. The van der Waals surface area contributed by atoms with Gasteiger partial charge in [0.2, 0.25) is 5.95 Å². The first-order valence-corrected chi connectivity index (χ1v) is 6.09. The summed E-state index contributed by atoms with van der Waals surface area (Å²) in [5.41, 5.74) is 0.416. The van der Waals surface area contributed by atoms with Gasteiger partial charge in [0.15, 0.2) is 0 Å². The maximum Gasteiger partial charge on any atom is 0.224 e. The summed E-state index contributed by atoms with van der Waals surface area (Å²) >= 11 is 0. The molecule has 88 valence electrons. The van der Waals surface area contributed by atoms with Crippen molar-refractivity contribution in [2.45, 2.75) is 31.3 Å². The molecule has 17 heavy (non-hydrogen) atoms. The van der Waals surface area contributed by atoms with Crippen LogP contribution < -0.4 is 5.32 Å². The monoisotopic (exact) mass is 229 g/mol. The standard InChI is InChI=1S/C12H15N5/c13-7-9-3-5-14-12(15-9)16-10-4-6-17(8-10)11-1-2-11/h3,5,10-11H,1-2,4,6,8H2,(H,14,15,16). The number of anilines is 1. The van der Waals surface area contributed by atoms with E-state index in [2.05, 4.69) is 20.2 Å². The molecule has 0 aromatic carbocycles. The van der Waals surface area contributed by atoms with Crippen LogP contribution in [0.15, 0.2) is 12.3 Å². The Morgan fingerprint density at radius 1 is 1.41 bits per heavy atom. The van der Waals surface area contributed by atoms with Crippen molar-refractivity contribution in [3.63, 3.8) is 0 Å². The van der Waals surface area contributed by atoms with Gasteiger partial charge in [0.25, 0.3) is 0 Å². The van der Waals surface area contributed by atoms with E-state index < -0.39 is 0 Å². The third-order valence-corrected chi connectivity index (χ3v) is 3.39. The van der Waals surface area contributed by atoms with Crippen molar-refractivity contribution in [3.05, 3.63) is 18.0 Å². The predicted octanol–water partition coefficient (Wildman–Crippen LogP) is 0.997. The smallest absolute Gasteiger partial charge is 0.224 e. The van der Waals surface area contributed by atoms with E-state index >= 15 is 0 Å². The van der Waals surface area contributed by atoms with Crippen LogP contribution in [0.4, 0.5) is 5.95 Å². The quantitative estimate of drug-likeness (QED) is 0.837. The maximum atomic E-state index is 8.77. The van der Waals surface area contributed by atoms with Gasteiger partial charge in [-0.2, -0.15) is 5.26 Å². The van der Waals surface area contributed by atoms with Gasteiger partial charge in [0, 0.05) is 31.4 Å². The fourth-order valence-electron chi connectivity index (χ4n) is 2.35. The zero-order chi connectivity index (χ0) is 11.7. The van der Waals surface area contributed by atoms with Crippen LogP contribution in [0.1, 0.15) is 25.0 Å². The van der Waals surface area contributed by atoms with Crippen molar-refractivity contribution in [1.29, 1.82) is 5.26 Å². The molecule has 2 heterocycles. The Morgan fingerprint density at radius 3 is 3.06 bits per heavy atom. The zero-order valence-corrected chi connectivity index (χ0v) is 9.63. The molecule has 1 aliphatic heterocycles. The number of hydrogen-bond donors (Lipinski definition) is 1. The second-order valence-corrected chi connectivity index (χ2v) is 4.73. The Balaban J connectivity index is 1.61. The minimum atomic E-state index is 0.416. The van der Waals surface area contributed by atoms with Crippen molar-refractivity contribution >= 4 is 5.95 Å². The Bertz CT molecular complexity index is 448. The molecule has 0 radical (unpaired) electrons. The largest absolute Gasteiger partial charge is 0.350 e. The van der Waals surface area contributed by atoms with Crippen LogP contribution in [0.5, 0.6) is 0 Å². The third kappa shape index (κ3) is 2.37. The molecule has 1 saturated heterocycles. The molecule has 5 nitrogen and oxygen atoms in total. The summed E-state index contributed by atoms with van der Waals surface area (Å²) in [6.07, 6.45) is 5.47. The summed E-state index contributed by atoms with van der Waals surface area (Å²) in [5.74, 6) is 0.576. The molecule has 2 fully saturated rings. The molecule has 1 atom stereocenters. The van der Waals surface area contributed by atoms with Crippen molar-refractivity contribution in [1.82, 2.24) is 14.9 Å². The Morgan fingerprint density at radius 2 is 2.29 bits per heavy atom. The fraction of sp³-hybridized carbons (Fsp3) is 0.583. The molecule has 1 saturated carbocycles. The van der Waals surface area contributed by atoms with Crippen LogP contribution >= 0.6 is 0 Å².